The van der Waals surface area contributed by atoms with Crippen molar-refractivity contribution in [2.75, 3.05) is 26.4 Å². The first-order chi connectivity index (χ1) is 10.5. The second kappa shape index (κ2) is 8.11. The fourth-order valence-corrected chi connectivity index (χ4v) is 2.35. The number of ether oxygens (including phenoxy) is 3. The van der Waals surface area contributed by atoms with Crippen molar-refractivity contribution in [1.29, 1.82) is 0 Å². The molecular formula is C13H23F3O6S. The van der Waals surface area contributed by atoms with Gasteiger partial charge in [0.15, 0.2) is 0 Å². The van der Waals surface area contributed by atoms with Crippen molar-refractivity contribution < 1.29 is 40.0 Å². The fourth-order valence-electron chi connectivity index (χ4n) is 1.90. The maximum Gasteiger partial charge on any atom is 0.523 e. The van der Waals surface area contributed by atoms with Crippen LogP contribution in [0.2, 0.25) is 0 Å². The summed E-state index contributed by atoms with van der Waals surface area (Å²) >= 11 is 0. The molecule has 1 heterocycles. The lowest BCUT2D eigenvalue weighted by molar-refractivity contribution is -0.235. The molecule has 1 aliphatic heterocycles. The Labute approximate surface area is 134 Å². The van der Waals surface area contributed by atoms with E-state index < -0.39 is 40.0 Å². The topological polar surface area (TPSA) is 71.1 Å². The standard InChI is InChI=1S/C13H23F3O6S/c1-4-5-6-19-7-10-11(22-12(2,3)9-20-10)8-21-23(17,18)13(14,15)16/h10-11H,4-9H2,1-3H3/t10-,11-/m0/s1. The van der Waals surface area contributed by atoms with Gasteiger partial charge >= 0.3 is 15.6 Å². The zero-order chi connectivity index (χ0) is 17.7. The van der Waals surface area contributed by atoms with E-state index in [0.29, 0.717) is 6.61 Å². The molecule has 10 heteroatoms. The van der Waals surface area contributed by atoms with Gasteiger partial charge in [-0.05, 0) is 20.3 Å². The Kier molecular flexibility index (Phi) is 7.27. The minimum absolute atomic E-state index is 0.0934. The van der Waals surface area contributed by atoms with E-state index in [0.717, 1.165) is 12.8 Å². The van der Waals surface area contributed by atoms with Crippen LogP contribution in [0.4, 0.5) is 13.2 Å². The second-order valence-electron chi connectivity index (χ2n) is 5.88. The van der Waals surface area contributed by atoms with E-state index in [2.05, 4.69) is 4.18 Å². The van der Waals surface area contributed by atoms with Crippen LogP contribution in [-0.2, 0) is 28.5 Å². The van der Waals surface area contributed by atoms with Gasteiger partial charge in [-0.15, -0.1) is 0 Å². The smallest absolute Gasteiger partial charge is 0.379 e. The van der Waals surface area contributed by atoms with Crippen molar-refractivity contribution in [2.45, 2.75) is 56.9 Å². The molecule has 0 N–H and O–H groups in total. The quantitative estimate of drug-likeness (QED) is 0.374. The molecule has 2 atom stereocenters. The van der Waals surface area contributed by atoms with E-state index in [1.807, 2.05) is 6.92 Å². The molecule has 0 aromatic heterocycles. The molecule has 0 amide bonds. The maximum atomic E-state index is 12.3. The van der Waals surface area contributed by atoms with E-state index >= 15 is 0 Å². The number of halogens is 3. The van der Waals surface area contributed by atoms with Crippen LogP contribution in [0.3, 0.4) is 0 Å². The SMILES string of the molecule is CCCCOC[C@@H]1OCC(C)(C)O[C@H]1COS(=O)(=O)C(F)(F)F. The van der Waals surface area contributed by atoms with Crippen LogP contribution in [0.15, 0.2) is 0 Å². The number of hydrogen-bond acceptors (Lipinski definition) is 6. The number of rotatable bonds is 8. The van der Waals surface area contributed by atoms with E-state index in [1.54, 1.807) is 13.8 Å². The molecule has 138 valence electrons. The van der Waals surface area contributed by atoms with Gasteiger partial charge in [-0.1, -0.05) is 13.3 Å². The fraction of sp³-hybridized carbons (Fsp3) is 1.00. The third kappa shape index (κ3) is 6.54. The molecule has 0 aromatic rings. The second-order valence-corrected chi connectivity index (χ2v) is 7.49. The molecule has 0 radical (unpaired) electrons. The monoisotopic (exact) mass is 364 g/mol. The third-order valence-corrected chi connectivity index (χ3v) is 4.14. The number of unbranched alkanes of at least 4 members (excludes halogenated alkanes) is 1. The van der Waals surface area contributed by atoms with Gasteiger partial charge in [0.05, 0.1) is 25.4 Å². The predicted octanol–water partition coefficient (Wildman–Crippen LogP) is 2.23. The van der Waals surface area contributed by atoms with Crippen LogP contribution in [0.5, 0.6) is 0 Å². The Balaban J connectivity index is 2.64. The van der Waals surface area contributed by atoms with Crippen molar-refractivity contribution >= 4 is 10.1 Å². The molecule has 23 heavy (non-hydrogen) atoms. The average Bonchev–Trinajstić information content (AvgIpc) is 2.41. The van der Waals surface area contributed by atoms with Crippen LogP contribution in [0.1, 0.15) is 33.6 Å². The van der Waals surface area contributed by atoms with Gasteiger partial charge < -0.3 is 14.2 Å². The third-order valence-electron chi connectivity index (χ3n) is 3.13. The van der Waals surface area contributed by atoms with Crippen molar-refractivity contribution in [3.63, 3.8) is 0 Å². The highest BCUT2D eigenvalue weighted by Crippen LogP contribution is 2.28. The average molecular weight is 364 g/mol. The zero-order valence-electron chi connectivity index (χ0n) is 13.4. The highest BCUT2D eigenvalue weighted by Gasteiger charge is 2.48. The summed E-state index contributed by atoms with van der Waals surface area (Å²) in [6.45, 7) is 5.37. The maximum absolute atomic E-state index is 12.3. The highest BCUT2D eigenvalue weighted by molar-refractivity contribution is 7.87. The molecular weight excluding hydrogens is 341 g/mol. The summed E-state index contributed by atoms with van der Waals surface area (Å²) < 4.78 is 79.5. The summed E-state index contributed by atoms with van der Waals surface area (Å²) in [5.74, 6) is 0. The molecule has 0 unspecified atom stereocenters. The van der Waals surface area contributed by atoms with Gasteiger partial charge in [0.2, 0.25) is 0 Å². The molecule has 0 spiro atoms. The predicted molar refractivity (Wildman–Crippen MR) is 75.3 cm³/mol. The van der Waals surface area contributed by atoms with Crippen molar-refractivity contribution in [3.8, 4) is 0 Å². The lowest BCUT2D eigenvalue weighted by atomic mass is 10.1. The highest BCUT2D eigenvalue weighted by atomic mass is 32.2. The molecule has 0 aromatic carbocycles. The first-order valence-electron chi connectivity index (χ1n) is 7.31. The van der Waals surface area contributed by atoms with Gasteiger partial charge in [-0.2, -0.15) is 21.6 Å². The Bertz CT molecular complexity index is 463. The lowest BCUT2D eigenvalue weighted by Crippen LogP contribution is -2.52. The van der Waals surface area contributed by atoms with E-state index in [1.165, 1.54) is 0 Å². The Morgan fingerprint density at radius 1 is 1.22 bits per heavy atom. The van der Waals surface area contributed by atoms with E-state index in [-0.39, 0.29) is 13.2 Å². The summed E-state index contributed by atoms with van der Waals surface area (Å²) in [5, 5.41) is 0. The largest absolute Gasteiger partial charge is 0.523 e. The van der Waals surface area contributed by atoms with Gasteiger partial charge in [0.1, 0.15) is 12.2 Å². The normalized spacial score (nSPS) is 25.5. The Morgan fingerprint density at radius 3 is 2.43 bits per heavy atom. The van der Waals surface area contributed by atoms with E-state index in [9.17, 15) is 21.6 Å². The van der Waals surface area contributed by atoms with Gasteiger partial charge in [0.25, 0.3) is 0 Å². The summed E-state index contributed by atoms with van der Waals surface area (Å²) in [6, 6.07) is 0. The molecule has 0 bridgehead atoms. The number of hydrogen-bond donors (Lipinski definition) is 0. The lowest BCUT2D eigenvalue weighted by Gasteiger charge is -2.40. The van der Waals surface area contributed by atoms with Crippen molar-refractivity contribution in [2.24, 2.45) is 0 Å². The van der Waals surface area contributed by atoms with Crippen LogP contribution in [0.25, 0.3) is 0 Å². The van der Waals surface area contributed by atoms with Crippen LogP contribution >= 0.6 is 0 Å². The first kappa shape index (κ1) is 20.6. The van der Waals surface area contributed by atoms with Crippen LogP contribution in [0, 0.1) is 0 Å². The van der Waals surface area contributed by atoms with Gasteiger partial charge in [0, 0.05) is 6.61 Å². The first-order valence-corrected chi connectivity index (χ1v) is 8.72. The van der Waals surface area contributed by atoms with Crippen LogP contribution < -0.4 is 0 Å². The molecule has 1 aliphatic rings. The molecule has 0 saturated carbocycles. The molecule has 1 saturated heterocycles. The summed E-state index contributed by atoms with van der Waals surface area (Å²) in [4.78, 5) is 0. The van der Waals surface area contributed by atoms with Crippen LogP contribution in [-0.4, -0.2) is 58.2 Å². The van der Waals surface area contributed by atoms with Crippen molar-refractivity contribution in [1.82, 2.24) is 0 Å². The molecule has 1 rings (SSSR count). The molecule has 6 nitrogen and oxygen atoms in total. The minimum Gasteiger partial charge on any atom is -0.379 e. The Morgan fingerprint density at radius 2 is 1.87 bits per heavy atom. The number of alkyl halides is 3. The summed E-state index contributed by atoms with van der Waals surface area (Å²) in [6.07, 6.45) is 0.106. The zero-order valence-corrected chi connectivity index (χ0v) is 14.2. The molecule has 1 fully saturated rings. The van der Waals surface area contributed by atoms with E-state index in [4.69, 9.17) is 14.2 Å². The minimum atomic E-state index is -5.66. The summed E-state index contributed by atoms with van der Waals surface area (Å²) in [5.41, 5.74) is -6.22. The van der Waals surface area contributed by atoms with Gasteiger partial charge in [-0.3, -0.25) is 4.18 Å². The van der Waals surface area contributed by atoms with Crippen molar-refractivity contribution in [3.05, 3.63) is 0 Å². The van der Waals surface area contributed by atoms with Gasteiger partial charge in [-0.25, -0.2) is 0 Å². The summed E-state index contributed by atoms with van der Waals surface area (Å²) in [7, 11) is -5.66. The Hall–Kier alpha value is -0.420. The molecule has 0 aliphatic carbocycles.